The Hall–Kier alpha value is -1.06. The third-order valence-electron chi connectivity index (χ3n) is 3.27. The van der Waals surface area contributed by atoms with Crippen LogP contribution >= 0.6 is 0 Å². The number of hydrogen-bond donors (Lipinski definition) is 2. The summed E-state index contributed by atoms with van der Waals surface area (Å²) in [5, 5.41) is 20.0. The maximum absolute atomic E-state index is 10.1. The van der Waals surface area contributed by atoms with Crippen LogP contribution in [-0.2, 0) is 12.1 Å². The molecule has 0 aliphatic heterocycles. The second-order valence-electron chi connectivity index (χ2n) is 5.01. The highest BCUT2D eigenvalue weighted by atomic mass is 16.3. The Bertz CT molecular complexity index is 409. The van der Waals surface area contributed by atoms with Crippen molar-refractivity contribution in [3.05, 3.63) is 28.8 Å². The van der Waals surface area contributed by atoms with E-state index in [0.717, 1.165) is 29.5 Å². The van der Waals surface area contributed by atoms with Crippen molar-refractivity contribution in [2.24, 2.45) is 0 Å². The molecule has 0 amide bonds. The molecule has 1 aliphatic carbocycles. The van der Waals surface area contributed by atoms with Gasteiger partial charge in [0.15, 0.2) is 0 Å². The van der Waals surface area contributed by atoms with Crippen LogP contribution in [0.2, 0.25) is 0 Å². The lowest BCUT2D eigenvalue weighted by Crippen LogP contribution is -2.15. The van der Waals surface area contributed by atoms with Gasteiger partial charge in [-0.3, -0.25) is 0 Å². The molecule has 0 aromatic heterocycles. The van der Waals surface area contributed by atoms with Crippen molar-refractivity contribution < 1.29 is 10.2 Å². The zero-order chi connectivity index (χ0) is 11.9. The van der Waals surface area contributed by atoms with Gasteiger partial charge in [0.2, 0.25) is 0 Å². The molecule has 0 spiro atoms. The second kappa shape index (κ2) is 3.75. The number of rotatable bonds is 3. The molecular formula is C13H19NO2. The van der Waals surface area contributed by atoms with Gasteiger partial charge in [-0.2, -0.15) is 0 Å². The molecule has 3 heteroatoms. The summed E-state index contributed by atoms with van der Waals surface area (Å²) in [4.78, 5) is 2.02. The molecule has 1 saturated carbocycles. The van der Waals surface area contributed by atoms with E-state index >= 15 is 0 Å². The number of nitrogens with zero attached hydrogens (tertiary/aromatic N) is 1. The average Bonchev–Trinajstić information content (AvgIpc) is 2.91. The Morgan fingerprint density at radius 2 is 1.94 bits per heavy atom. The number of aliphatic hydroxyl groups is 1. The van der Waals surface area contributed by atoms with Crippen LogP contribution in [0, 0.1) is 6.92 Å². The fourth-order valence-corrected chi connectivity index (χ4v) is 2.15. The highest BCUT2D eigenvalue weighted by molar-refractivity contribution is 5.47. The van der Waals surface area contributed by atoms with Crippen LogP contribution in [0.15, 0.2) is 12.1 Å². The Kier molecular flexibility index (Phi) is 2.68. The van der Waals surface area contributed by atoms with Gasteiger partial charge in [-0.15, -0.1) is 0 Å². The van der Waals surface area contributed by atoms with Gasteiger partial charge in [-0.1, -0.05) is 6.07 Å². The largest absolute Gasteiger partial charge is 0.508 e. The molecule has 2 N–H and O–H groups in total. The predicted octanol–water partition coefficient (Wildman–Crippen LogP) is 1.74. The number of phenols is 1. The van der Waals surface area contributed by atoms with E-state index in [1.807, 2.05) is 32.0 Å². The second-order valence-corrected chi connectivity index (χ2v) is 5.01. The van der Waals surface area contributed by atoms with Crippen LogP contribution in [0.3, 0.4) is 0 Å². The molecule has 88 valence electrons. The van der Waals surface area contributed by atoms with Crippen molar-refractivity contribution in [3.8, 4) is 5.75 Å². The summed E-state index contributed by atoms with van der Waals surface area (Å²) in [6.45, 7) is 2.67. The normalized spacial score (nSPS) is 17.8. The molecule has 0 radical (unpaired) electrons. The molecule has 0 atom stereocenters. The van der Waals surface area contributed by atoms with Gasteiger partial charge < -0.3 is 15.1 Å². The van der Waals surface area contributed by atoms with E-state index in [2.05, 4.69) is 0 Å². The molecule has 1 aromatic rings. The first-order valence-corrected chi connectivity index (χ1v) is 5.63. The third kappa shape index (κ3) is 1.93. The first-order chi connectivity index (χ1) is 7.44. The maximum atomic E-state index is 10.1. The van der Waals surface area contributed by atoms with E-state index in [9.17, 15) is 10.2 Å². The lowest BCUT2D eigenvalue weighted by atomic mass is 9.96. The van der Waals surface area contributed by atoms with E-state index < -0.39 is 5.60 Å². The Morgan fingerprint density at radius 3 is 2.44 bits per heavy atom. The van der Waals surface area contributed by atoms with Crippen LogP contribution in [0.25, 0.3) is 0 Å². The minimum atomic E-state index is -0.626. The molecule has 0 saturated heterocycles. The minimum absolute atomic E-state index is 0.319. The standard InChI is InChI=1S/C13H19NO2/c1-9-10(8-14(2)3)12(15)5-4-11(9)13(16)6-7-13/h4-5,15-16H,6-8H2,1-3H3. The summed E-state index contributed by atoms with van der Waals surface area (Å²) >= 11 is 0. The van der Waals surface area contributed by atoms with Gasteiger partial charge in [-0.25, -0.2) is 0 Å². The van der Waals surface area contributed by atoms with Crippen LogP contribution < -0.4 is 0 Å². The van der Waals surface area contributed by atoms with Crippen molar-refractivity contribution in [3.63, 3.8) is 0 Å². The highest BCUT2D eigenvalue weighted by Crippen LogP contribution is 2.47. The Labute approximate surface area is 96.3 Å². The van der Waals surface area contributed by atoms with Gasteiger partial charge in [0.1, 0.15) is 5.75 Å². The van der Waals surface area contributed by atoms with Crippen LogP contribution in [0.1, 0.15) is 29.5 Å². The molecule has 1 aliphatic rings. The monoisotopic (exact) mass is 221 g/mol. The predicted molar refractivity (Wildman–Crippen MR) is 63.4 cm³/mol. The van der Waals surface area contributed by atoms with E-state index in [1.165, 1.54) is 0 Å². The molecule has 16 heavy (non-hydrogen) atoms. The van der Waals surface area contributed by atoms with Gasteiger partial charge in [0.25, 0.3) is 0 Å². The van der Waals surface area contributed by atoms with E-state index in [1.54, 1.807) is 6.07 Å². The highest BCUT2D eigenvalue weighted by Gasteiger charge is 2.43. The molecule has 0 bridgehead atoms. The summed E-state index contributed by atoms with van der Waals surface area (Å²) in [7, 11) is 3.94. The fourth-order valence-electron chi connectivity index (χ4n) is 2.15. The zero-order valence-corrected chi connectivity index (χ0v) is 10.1. The molecule has 0 unspecified atom stereocenters. The van der Waals surface area contributed by atoms with E-state index in [4.69, 9.17) is 0 Å². The molecule has 1 fully saturated rings. The van der Waals surface area contributed by atoms with Crippen molar-refractivity contribution in [2.45, 2.75) is 31.9 Å². The van der Waals surface area contributed by atoms with E-state index in [0.29, 0.717) is 12.3 Å². The van der Waals surface area contributed by atoms with Gasteiger partial charge in [-0.05, 0) is 51.1 Å². The zero-order valence-electron chi connectivity index (χ0n) is 10.1. The summed E-state index contributed by atoms with van der Waals surface area (Å²) in [6, 6.07) is 3.54. The first kappa shape index (κ1) is 11.4. The molecule has 3 nitrogen and oxygen atoms in total. The number of hydrogen-bond acceptors (Lipinski definition) is 3. The van der Waals surface area contributed by atoms with Crippen LogP contribution in [0.5, 0.6) is 5.75 Å². The minimum Gasteiger partial charge on any atom is -0.508 e. The lowest BCUT2D eigenvalue weighted by molar-refractivity contribution is 0.150. The van der Waals surface area contributed by atoms with Gasteiger partial charge in [0.05, 0.1) is 5.60 Å². The first-order valence-electron chi connectivity index (χ1n) is 5.63. The van der Waals surface area contributed by atoms with Crippen molar-refractivity contribution in [2.75, 3.05) is 14.1 Å². The van der Waals surface area contributed by atoms with Crippen molar-refractivity contribution >= 4 is 0 Å². The Balaban J connectivity index is 2.43. The van der Waals surface area contributed by atoms with Gasteiger partial charge in [0, 0.05) is 12.1 Å². The van der Waals surface area contributed by atoms with E-state index in [-0.39, 0.29) is 0 Å². The smallest absolute Gasteiger partial charge is 0.120 e. The van der Waals surface area contributed by atoms with Crippen molar-refractivity contribution in [1.29, 1.82) is 0 Å². The third-order valence-corrected chi connectivity index (χ3v) is 3.27. The lowest BCUT2D eigenvalue weighted by Gasteiger charge is -2.19. The number of benzene rings is 1. The molecule has 1 aromatic carbocycles. The SMILES string of the molecule is Cc1c(C2(O)CC2)ccc(O)c1CN(C)C. The van der Waals surface area contributed by atoms with Crippen LogP contribution in [-0.4, -0.2) is 29.2 Å². The van der Waals surface area contributed by atoms with Gasteiger partial charge >= 0.3 is 0 Å². The summed E-state index contributed by atoms with van der Waals surface area (Å²) in [5.74, 6) is 0.319. The summed E-state index contributed by atoms with van der Waals surface area (Å²) < 4.78 is 0. The quantitative estimate of drug-likeness (QED) is 0.817. The fraction of sp³-hybridized carbons (Fsp3) is 0.538. The topological polar surface area (TPSA) is 43.7 Å². The summed E-state index contributed by atoms with van der Waals surface area (Å²) in [5.41, 5.74) is 2.29. The maximum Gasteiger partial charge on any atom is 0.120 e. The Morgan fingerprint density at radius 1 is 1.31 bits per heavy atom. The molecule has 0 heterocycles. The number of aromatic hydroxyl groups is 1. The summed E-state index contributed by atoms with van der Waals surface area (Å²) in [6.07, 6.45) is 1.67. The van der Waals surface area contributed by atoms with Crippen molar-refractivity contribution in [1.82, 2.24) is 4.90 Å². The van der Waals surface area contributed by atoms with Crippen LogP contribution in [0.4, 0.5) is 0 Å². The molecular weight excluding hydrogens is 202 g/mol. The average molecular weight is 221 g/mol. The molecule has 2 rings (SSSR count). The number of phenolic OH excluding ortho intramolecular Hbond substituents is 1.